The Morgan fingerprint density at radius 2 is 1.60 bits per heavy atom. The van der Waals surface area contributed by atoms with Crippen molar-refractivity contribution in [3.63, 3.8) is 0 Å². The van der Waals surface area contributed by atoms with E-state index in [-0.39, 0.29) is 43.8 Å². The first kappa shape index (κ1) is 40.4. The van der Waals surface area contributed by atoms with E-state index in [9.17, 15) is 14.7 Å². The number of benzene rings is 4. The number of carbonyl (C=O) groups is 3. The summed E-state index contributed by atoms with van der Waals surface area (Å²) in [6, 6.07) is 33.2. The molecule has 4 aliphatic rings. The van der Waals surface area contributed by atoms with Crippen LogP contribution in [0.2, 0.25) is 18.6 Å². The van der Waals surface area contributed by atoms with Crippen molar-refractivity contribution in [2.45, 2.75) is 75.2 Å². The Labute approximate surface area is 349 Å². The molecule has 304 valence electrons. The van der Waals surface area contributed by atoms with Crippen molar-refractivity contribution in [2.24, 2.45) is 5.92 Å². The standard InChI is InChI=1S/C45H51BrFN5O5Si/c1-31-41(58(2,3)47)39(27-40(54)49(24-25-53)28-32-10-6-4-7-11-32)57-45(31)37-26-34(46)16-19-38(37)50(43(45)56)29-33-14-17-35(18-15-33)51-30-52(36-12-8-5-9-13-36)44(42(51)55)20-22-48-23-21-44/h4-19,26,31,39,41,48,53H,20-25,27-30H2,1-3H3/t31-,39+,41-,45+/m1/s1. The van der Waals surface area contributed by atoms with Gasteiger partial charge in [0.1, 0.15) is 5.54 Å². The van der Waals surface area contributed by atoms with Crippen LogP contribution in [0, 0.1) is 5.92 Å². The normalized spacial score (nSPS) is 24.0. The first-order valence-corrected chi connectivity index (χ1v) is 24.0. The third kappa shape index (κ3) is 7.08. The number of aliphatic hydroxyl groups excluding tert-OH is 1. The molecule has 3 saturated heterocycles. The molecule has 0 saturated carbocycles. The monoisotopic (exact) mass is 867 g/mol. The number of carbonyl (C=O) groups excluding carboxylic acids is 3. The first-order chi connectivity index (χ1) is 27.9. The van der Waals surface area contributed by atoms with Crippen LogP contribution in [0.4, 0.5) is 21.2 Å². The van der Waals surface area contributed by atoms with Crippen molar-refractivity contribution < 1.29 is 28.3 Å². The summed E-state index contributed by atoms with van der Waals surface area (Å²) in [7, 11) is -3.53. The van der Waals surface area contributed by atoms with Crippen molar-refractivity contribution >= 4 is 59.1 Å². The lowest BCUT2D eigenvalue weighted by molar-refractivity contribution is -0.150. The smallest absolute Gasteiger partial charge is 0.264 e. The van der Waals surface area contributed by atoms with Gasteiger partial charge in [-0.25, -0.2) is 0 Å². The van der Waals surface area contributed by atoms with Crippen LogP contribution < -0.4 is 20.0 Å². The number of anilines is 3. The number of halogens is 2. The van der Waals surface area contributed by atoms with Crippen LogP contribution >= 0.6 is 15.9 Å². The van der Waals surface area contributed by atoms with Gasteiger partial charge in [-0.1, -0.05) is 83.5 Å². The number of nitrogens with one attached hydrogen (secondary N) is 1. The number of hydrogen-bond acceptors (Lipinski definition) is 7. The number of hydrogen-bond donors (Lipinski definition) is 2. The summed E-state index contributed by atoms with van der Waals surface area (Å²) in [5.74, 6) is -1.02. The van der Waals surface area contributed by atoms with Crippen LogP contribution in [0.1, 0.15) is 42.9 Å². The second-order valence-corrected chi connectivity index (χ2v) is 21.3. The van der Waals surface area contributed by atoms with E-state index in [0.717, 1.165) is 52.9 Å². The van der Waals surface area contributed by atoms with Crippen molar-refractivity contribution in [3.8, 4) is 0 Å². The number of nitrogens with zero attached hydrogens (tertiary/aromatic N) is 4. The molecule has 0 radical (unpaired) electrons. The third-order valence-corrected chi connectivity index (χ3v) is 15.7. The van der Waals surface area contributed by atoms with E-state index in [2.05, 4.69) is 38.3 Å². The van der Waals surface area contributed by atoms with Crippen molar-refractivity contribution in [3.05, 3.63) is 124 Å². The lowest BCUT2D eigenvalue weighted by Gasteiger charge is -2.39. The Hall–Kier alpha value is -4.40. The summed E-state index contributed by atoms with van der Waals surface area (Å²) in [5, 5.41) is 13.3. The summed E-state index contributed by atoms with van der Waals surface area (Å²) in [5.41, 5.74) is 2.15. The predicted molar refractivity (Wildman–Crippen MR) is 229 cm³/mol. The predicted octanol–water partition coefficient (Wildman–Crippen LogP) is 7.12. The molecule has 3 fully saturated rings. The molecule has 4 aliphatic heterocycles. The molecule has 10 nitrogen and oxygen atoms in total. The number of piperidine rings is 1. The average Bonchev–Trinajstić information content (AvgIpc) is 3.76. The Morgan fingerprint density at radius 3 is 2.26 bits per heavy atom. The quantitative estimate of drug-likeness (QED) is 0.122. The number of rotatable bonds is 11. The molecular weight excluding hydrogens is 818 g/mol. The summed E-state index contributed by atoms with van der Waals surface area (Å²) >= 11 is 3.62. The largest absolute Gasteiger partial charge is 0.395 e. The molecule has 4 atom stereocenters. The zero-order valence-electron chi connectivity index (χ0n) is 33.2. The van der Waals surface area contributed by atoms with Crippen molar-refractivity contribution in [1.82, 2.24) is 10.2 Å². The van der Waals surface area contributed by atoms with Gasteiger partial charge >= 0.3 is 0 Å². The van der Waals surface area contributed by atoms with Crippen LogP contribution in [0.25, 0.3) is 0 Å². The van der Waals surface area contributed by atoms with Gasteiger partial charge in [0, 0.05) is 46.0 Å². The van der Waals surface area contributed by atoms with Gasteiger partial charge in [-0.05, 0) is 92.6 Å². The van der Waals surface area contributed by atoms with Crippen LogP contribution in [0.3, 0.4) is 0 Å². The van der Waals surface area contributed by atoms with E-state index in [0.29, 0.717) is 24.5 Å². The Morgan fingerprint density at radius 1 is 0.931 bits per heavy atom. The zero-order chi connectivity index (χ0) is 40.8. The van der Waals surface area contributed by atoms with E-state index in [1.165, 1.54) is 0 Å². The number of ether oxygens (including phenoxy) is 1. The Bertz CT molecular complexity index is 2150. The maximum atomic E-state index is 16.6. The molecule has 0 aliphatic carbocycles. The molecule has 4 heterocycles. The molecule has 2 spiro atoms. The Kier molecular flexibility index (Phi) is 11.1. The van der Waals surface area contributed by atoms with Gasteiger partial charge in [0.05, 0.1) is 38.0 Å². The molecule has 0 aromatic heterocycles. The minimum absolute atomic E-state index is 0.0932. The summed E-state index contributed by atoms with van der Waals surface area (Å²) in [6.45, 7) is 7.56. The maximum absolute atomic E-state index is 16.6. The highest BCUT2D eigenvalue weighted by molar-refractivity contribution is 9.10. The molecule has 2 N–H and O–H groups in total. The fourth-order valence-electron chi connectivity index (χ4n) is 10.0. The molecule has 58 heavy (non-hydrogen) atoms. The summed E-state index contributed by atoms with van der Waals surface area (Å²) in [6.07, 6.45) is 0.474. The molecule has 0 unspecified atom stereocenters. The van der Waals surface area contributed by atoms with E-state index in [1.807, 2.05) is 103 Å². The fraction of sp³-hybridized carbons (Fsp3) is 0.400. The van der Waals surface area contributed by atoms with Crippen LogP contribution in [0.5, 0.6) is 0 Å². The van der Waals surface area contributed by atoms with Gasteiger partial charge < -0.3 is 34.0 Å². The van der Waals surface area contributed by atoms with Crippen LogP contribution in [-0.4, -0.2) is 80.7 Å². The maximum Gasteiger partial charge on any atom is 0.264 e. The van der Waals surface area contributed by atoms with Gasteiger partial charge in [0.15, 0.2) is 5.60 Å². The van der Waals surface area contributed by atoms with Gasteiger partial charge in [-0.2, -0.15) is 0 Å². The minimum atomic E-state index is -3.53. The molecule has 4 aromatic carbocycles. The number of amides is 3. The molecule has 4 aromatic rings. The lowest BCUT2D eigenvalue weighted by atomic mass is 9.82. The molecular formula is C45H51BrFN5O5Si. The highest BCUT2D eigenvalue weighted by atomic mass is 79.9. The van der Waals surface area contributed by atoms with E-state index >= 15 is 8.90 Å². The highest BCUT2D eigenvalue weighted by Gasteiger charge is 2.67. The van der Waals surface area contributed by atoms with Gasteiger partial charge in [0.2, 0.25) is 14.3 Å². The molecule has 3 amide bonds. The van der Waals surface area contributed by atoms with E-state index < -0.39 is 37.1 Å². The fourth-order valence-corrected chi connectivity index (χ4v) is 12.9. The second kappa shape index (κ2) is 16.0. The first-order valence-electron chi connectivity index (χ1n) is 20.2. The van der Waals surface area contributed by atoms with E-state index in [4.69, 9.17) is 4.74 Å². The molecule has 0 bridgehead atoms. The van der Waals surface area contributed by atoms with E-state index in [1.54, 1.807) is 22.9 Å². The minimum Gasteiger partial charge on any atom is -0.395 e. The van der Waals surface area contributed by atoms with Crippen molar-refractivity contribution in [1.29, 1.82) is 0 Å². The third-order valence-electron chi connectivity index (χ3n) is 12.8. The number of aliphatic hydroxyl groups is 1. The van der Waals surface area contributed by atoms with Crippen LogP contribution in [0.15, 0.2) is 108 Å². The van der Waals surface area contributed by atoms with Crippen LogP contribution in [-0.2, 0) is 37.8 Å². The summed E-state index contributed by atoms with van der Waals surface area (Å²) in [4.78, 5) is 50.7. The average molecular weight is 869 g/mol. The van der Waals surface area contributed by atoms with Gasteiger partial charge in [-0.15, -0.1) is 0 Å². The van der Waals surface area contributed by atoms with Gasteiger partial charge in [0.25, 0.3) is 11.8 Å². The number of fused-ring (bicyclic) bond motifs is 2. The second-order valence-electron chi connectivity index (χ2n) is 16.6. The highest BCUT2D eigenvalue weighted by Crippen LogP contribution is 2.60. The Balaban J connectivity index is 1.06. The summed E-state index contributed by atoms with van der Waals surface area (Å²) < 4.78 is 24.2. The molecule has 13 heteroatoms. The zero-order valence-corrected chi connectivity index (χ0v) is 35.8. The topological polar surface area (TPSA) is 106 Å². The van der Waals surface area contributed by atoms with Gasteiger partial charge in [-0.3, -0.25) is 19.3 Å². The lowest BCUT2D eigenvalue weighted by Crippen LogP contribution is -2.55. The molecule has 8 rings (SSSR count). The van der Waals surface area contributed by atoms with Crippen molar-refractivity contribution in [2.75, 3.05) is 47.6 Å². The number of para-hydroxylation sites is 1. The SMILES string of the molecule is C[C@@H]1[C@@H]([Si](C)(C)F)[C@H](CC(=O)N(CCO)Cc2ccccc2)O[C@@]12C(=O)N(Cc1ccc(N3CN(c4ccccc4)C4(CCNCC4)C3=O)cc1)c1ccc(Br)cc12.